The van der Waals surface area contributed by atoms with Crippen LogP contribution in [0.3, 0.4) is 0 Å². The van der Waals surface area contributed by atoms with Crippen LogP contribution in [0.4, 0.5) is 4.79 Å². The second-order valence-corrected chi connectivity index (χ2v) is 7.87. The number of nitrogens with zero attached hydrogens (tertiary/aromatic N) is 3. The summed E-state index contributed by atoms with van der Waals surface area (Å²) in [5.74, 6) is 0. The van der Waals surface area contributed by atoms with Crippen LogP contribution in [0.5, 0.6) is 0 Å². The summed E-state index contributed by atoms with van der Waals surface area (Å²) in [4.78, 5) is 17.0. The average molecular weight is 348 g/mol. The molecule has 1 saturated heterocycles. The zero-order chi connectivity index (χ0) is 17.7. The second kappa shape index (κ2) is 8.21. The summed E-state index contributed by atoms with van der Waals surface area (Å²) in [7, 11) is 1.86. The highest BCUT2D eigenvalue weighted by Crippen LogP contribution is 2.35. The summed E-state index contributed by atoms with van der Waals surface area (Å²) in [6, 6.07) is 0.0163. The van der Waals surface area contributed by atoms with Crippen molar-refractivity contribution in [2.24, 2.45) is 0 Å². The van der Waals surface area contributed by atoms with Crippen molar-refractivity contribution < 1.29 is 4.79 Å². The van der Waals surface area contributed by atoms with E-state index in [1.807, 2.05) is 14.0 Å². The zero-order valence-electron chi connectivity index (χ0n) is 15.8. The van der Waals surface area contributed by atoms with E-state index in [9.17, 15) is 4.79 Å². The van der Waals surface area contributed by atoms with Gasteiger partial charge in [-0.3, -0.25) is 10.00 Å². The molecule has 2 fully saturated rings. The van der Waals surface area contributed by atoms with Crippen molar-refractivity contribution in [2.45, 2.75) is 70.4 Å². The molecule has 2 heterocycles. The van der Waals surface area contributed by atoms with Gasteiger partial charge in [-0.1, -0.05) is 25.7 Å². The Labute approximate surface area is 151 Å². The summed E-state index contributed by atoms with van der Waals surface area (Å²) in [5.41, 5.74) is 2.28. The molecule has 2 aliphatic rings. The maximum absolute atomic E-state index is 12.6. The number of carbonyl (C=O) groups is 1. The molecular weight excluding hydrogens is 314 g/mol. The molecule has 3 rings (SSSR count). The lowest BCUT2D eigenvalue weighted by Crippen LogP contribution is -2.59. The smallest absolute Gasteiger partial charge is 0.317 e. The topological polar surface area (TPSA) is 64.3 Å². The second-order valence-electron chi connectivity index (χ2n) is 7.87. The number of aromatic amines is 1. The molecule has 0 spiro atoms. The molecule has 2 amide bonds. The molecule has 1 aromatic heterocycles. The number of urea groups is 1. The molecule has 0 aromatic carbocycles. The van der Waals surface area contributed by atoms with Gasteiger partial charge in [0.2, 0.25) is 0 Å². The number of hydrogen-bond acceptors (Lipinski definition) is 3. The minimum Gasteiger partial charge on any atom is -0.336 e. The van der Waals surface area contributed by atoms with Crippen molar-refractivity contribution in [3.05, 3.63) is 17.5 Å². The predicted molar refractivity (Wildman–Crippen MR) is 99.4 cm³/mol. The summed E-state index contributed by atoms with van der Waals surface area (Å²) >= 11 is 0. The third kappa shape index (κ3) is 4.35. The quantitative estimate of drug-likeness (QED) is 0.860. The highest BCUT2D eigenvalue weighted by molar-refractivity contribution is 5.74. The van der Waals surface area contributed by atoms with Crippen LogP contribution in [-0.4, -0.2) is 58.2 Å². The van der Waals surface area contributed by atoms with E-state index >= 15 is 0 Å². The Morgan fingerprint density at radius 3 is 2.56 bits per heavy atom. The van der Waals surface area contributed by atoms with Gasteiger partial charge in [0.1, 0.15) is 0 Å². The normalized spacial score (nSPS) is 21.0. The Morgan fingerprint density at radius 1 is 1.24 bits per heavy atom. The number of piperidine rings is 1. The summed E-state index contributed by atoms with van der Waals surface area (Å²) in [5, 5.41) is 10.2. The van der Waals surface area contributed by atoms with Crippen LogP contribution >= 0.6 is 0 Å². The molecule has 1 aromatic rings. The fraction of sp³-hybridized carbons (Fsp3) is 0.789. The minimum atomic E-state index is 0.0163. The van der Waals surface area contributed by atoms with Crippen molar-refractivity contribution in [1.82, 2.24) is 25.3 Å². The number of carbonyl (C=O) groups excluding carboxylic acids is 1. The number of rotatable bonds is 5. The first-order valence-electron chi connectivity index (χ1n) is 9.84. The molecule has 0 bridgehead atoms. The Kier molecular flexibility index (Phi) is 5.99. The number of aryl methyl sites for hydroxylation is 1. The first-order chi connectivity index (χ1) is 12.1. The van der Waals surface area contributed by atoms with E-state index in [1.165, 1.54) is 64.5 Å². The van der Waals surface area contributed by atoms with Crippen LogP contribution in [0.1, 0.15) is 62.6 Å². The van der Waals surface area contributed by atoms with Gasteiger partial charge in [0.05, 0.1) is 12.7 Å². The van der Waals surface area contributed by atoms with Gasteiger partial charge < -0.3 is 10.2 Å². The van der Waals surface area contributed by atoms with E-state index in [2.05, 4.69) is 20.4 Å². The standard InChI is InChI=1S/C19H33N5O/c1-16-17(13-21-22-16)14-23(2)18(25)20-15-19(9-5-3-6-10-19)24-11-7-4-8-12-24/h13H,3-12,14-15H2,1-2H3,(H,20,25)(H,21,22). The Hall–Kier alpha value is -1.56. The monoisotopic (exact) mass is 347 g/mol. The largest absolute Gasteiger partial charge is 0.336 e. The van der Waals surface area contributed by atoms with Gasteiger partial charge in [0.15, 0.2) is 0 Å². The summed E-state index contributed by atoms with van der Waals surface area (Å²) in [6.45, 7) is 5.74. The van der Waals surface area contributed by atoms with E-state index in [1.54, 1.807) is 11.1 Å². The fourth-order valence-corrected chi connectivity index (χ4v) is 4.42. The molecule has 6 heteroatoms. The van der Waals surface area contributed by atoms with Crippen molar-refractivity contribution >= 4 is 6.03 Å². The number of hydrogen-bond donors (Lipinski definition) is 2. The third-order valence-corrected chi connectivity index (χ3v) is 6.07. The molecular formula is C19H33N5O. The third-order valence-electron chi connectivity index (χ3n) is 6.07. The highest BCUT2D eigenvalue weighted by atomic mass is 16.2. The van der Waals surface area contributed by atoms with Crippen LogP contribution in [0.2, 0.25) is 0 Å². The van der Waals surface area contributed by atoms with E-state index in [-0.39, 0.29) is 11.6 Å². The molecule has 1 aliphatic heterocycles. The highest BCUT2D eigenvalue weighted by Gasteiger charge is 2.38. The molecule has 6 nitrogen and oxygen atoms in total. The predicted octanol–water partition coefficient (Wildman–Crippen LogP) is 3.05. The van der Waals surface area contributed by atoms with Crippen molar-refractivity contribution in [1.29, 1.82) is 0 Å². The molecule has 0 unspecified atom stereocenters. The van der Waals surface area contributed by atoms with Gasteiger partial charge in [-0.15, -0.1) is 0 Å². The van der Waals surface area contributed by atoms with Gasteiger partial charge in [-0.25, -0.2) is 4.79 Å². The van der Waals surface area contributed by atoms with E-state index in [0.29, 0.717) is 6.54 Å². The van der Waals surface area contributed by atoms with Crippen molar-refractivity contribution in [2.75, 3.05) is 26.7 Å². The zero-order valence-corrected chi connectivity index (χ0v) is 15.8. The molecule has 1 aliphatic carbocycles. The number of likely N-dealkylation sites (tertiary alicyclic amines) is 1. The number of aromatic nitrogens is 2. The SMILES string of the molecule is Cc1[nH]ncc1CN(C)C(=O)NCC1(N2CCCCC2)CCCCC1. The molecule has 25 heavy (non-hydrogen) atoms. The lowest BCUT2D eigenvalue weighted by atomic mass is 9.79. The molecule has 140 valence electrons. The molecule has 0 radical (unpaired) electrons. The van der Waals surface area contributed by atoms with Crippen LogP contribution in [0.25, 0.3) is 0 Å². The Balaban J connectivity index is 1.58. The molecule has 0 atom stereocenters. The van der Waals surface area contributed by atoms with E-state index in [4.69, 9.17) is 0 Å². The summed E-state index contributed by atoms with van der Waals surface area (Å²) in [6.07, 6.45) is 12.1. The minimum absolute atomic E-state index is 0.0163. The van der Waals surface area contributed by atoms with E-state index < -0.39 is 0 Å². The molecule has 2 N–H and O–H groups in total. The van der Waals surface area contributed by atoms with Crippen LogP contribution in [0.15, 0.2) is 6.20 Å². The lowest BCUT2D eigenvalue weighted by molar-refractivity contribution is 0.0345. The van der Waals surface area contributed by atoms with E-state index in [0.717, 1.165) is 17.8 Å². The van der Waals surface area contributed by atoms with Gasteiger partial charge >= 0.3 is 6.03 Å². The van der Waals surface area contributed by atoms with Gasteiger partial charge in [0, 0.05) is 30.4 Å². The van der Waals surface area contributed by atoms with Crippen LogP contribution in [0, 0.1) is 6.92 Å². The number of amides is 2. The first-order valence-corrected chi connectivity index (χ1v) is 9.84. The maximum atomic E-state index is 12.6. The van der Waals surface area contributed by atoms with Crippen LogP contribution in [-0.2, 0) is 6.54 Å². The molecule has 1 saturated carbocycles. The first kappa shape index (κ1) is 18.2. The Bertz CT molecular complexity index is 558. The lowest BCUT2D eigenvalue weighted by Gasteiger charge is -2.48. The number of H-pyrrole nitrogens is 1. The maximum Gasteiger partial charge on any atom is 0.317 e. The van der Waals surface area contributed by atoms with Crippen molar-refractivity contribution in [3.8, 4) is 0 Å². The fourth-order valence-electron chi connectivity index (χ4n) is 4.42. The average Bonchev–Trinajstić information content (AvgIpc) is 3.06. The van der Waals surface area contributed by atoms with Crippen LogP contribution < -0.4 is 5.32 Å². The van der Waals surface area contributed by atoms with Crippen molar-refractivity contribution in [3.63, 3.8) is 0 Å². The van der Waals surface area contributed by atoms with Gasteiger partial charge in [-0.2, -0.15) is 5.10 Å². The van der Waals surface area contributed by atoms with Gasteiger partial charge in [-0.05, 0) is 45.7 Å². The number of nitrogens with one attached hydrogen (secondary N) is 2. The van der Waals surface area contributed by atoms with Gasteiger partial charge in [0.25, 0.3) is 0 Å². The Morgan fingerprint density at radius 2 is 1.92 bits per heavy atom. The summed E-state index contributed by atoms with van der Waals surface area (Å²) < 4.78 is 0.